The molecule has 0 unspecified atom stereocenters. The van der Waals surface area contributed by atoms with Crippen molar-refractivity contribution in [1.82, 2.24) is 0 Å². The monoisotopic (exact) mass is 168 g/mol. The van der Waals surface area contributed by atoms with Gasteiger partial charge < -0.3 is 0 Å². The van der Waals surface area contributed by atoms with Crippen molar-refractivity contribution < 1.29 is 38.8 Å². The summed E-state index contributed by atoms with van der Waals surface area (Å²) in [5.41, 5.74) is 0. The molecule has 7 heteroatoms. The van der Waals surface area contributed by atoms with E-state index in [-0.39, 0.29) is 0 Å². The number of halogens is 1. The van der Waals surface area contributed by atoms with E-state index in [1.165, 1.54) is 0 Å². The Morgan fingerprint density at radius 2 is 1.29 bits per heavy atom. The summed E-state index contributed by atoms with van der Waals surface area (Å²) in [6.45, 7) is 0. The first-order valence-corrected chi connectivity index (χ1v) is 2.79. The molecule has 2 N–H and O–H groups in total. The molecule has 0 fully saturated rings. The number of rotatable bonds is 0. The Kier molecular flexibility index (Phi) is 6.74. The van der Waals surface area contributed by atoms with Crippen LogP contribution in [0.25, 0.3) is 0 Å². The van der Waals surface area contributed by atoms with Gasteiger partial charge in [-0.3, -0.25) is 9.11 Å². The third-order valence-corrected chi connectivity index (χ3v) is 0. The zero-order chi connectivity index (χ0) is 6.50. The van der Waals surface area contributed by atoms with E-state index in [0.29, 0.717) is 0 Å². The fraction of sp³-hybridized carbons (Fsp3) is 0. The van der Waals surface area contributed by atoms with Gasteiger partial charge in [-0.15, -0.1) is 0 Å². The van der Waals surface area contributed by atoms with Crippen LogP contribution in [0.1, 0.15) is 0 Å². The van der Waals surface area contributed by atoms with Crippen molar-refractivity contribution in [3.05, 3.63) is 0 Å². The van der Waals surface area contributed by atoms with E-state index >= 15 is 0 Å². The molecule has 0 radical (unpaired) electrons. The first kappa shape index (κ1) is 10.4. The maximum absolute atomic E-state index is 9.44. The molecular weight excluding hydrogens is 166 g/mol. The van der Waals surface area contributed by atoms with Gasteiger partial charge >= 0.3 is 31.7 Å². The van der Waals surface area contributed by atoms with Crippen molar-refractivity contribution in [2.24, 2.45) is 0 Å². The molecule has 4 nitrogen and oxygen atoms in total. The molecule has 0 rings (SSSR count). The Balaban J connectivity index is 0. The quantitative estimate of drug-likeness (QED) is 0.489. The van der Waals surface area contributed by atoms with E-state index in [1.54, 1.807) is 0 Å². The molecule has 0 amide bonds. The molecule has 0 aromatic heterocycles. The average molecular weight is 168 g/mol. The Morgan fingerprint density at radius 1 is 1.29 bits per heavy atom. The number of hydrogen-bond donors (Lipinski definition) is 2. The fourth-order valence-corrected chi connectivity index (χ4v) is 0. The minimum absolute atomic E-state index is 0.812. The van der Waals surface area contributed by atoms with Crippen LogP contribution in [0.4, 0.5) is 3.41 Å². The van der Waals surface area contributed by atoms with Crippen molar-refractivity contribution in [2.75, 3.05) is 0 Å². The van der Waals surface area contributed by atoms with Crippen molar-refractivity contribution in [3.63, 3.8) is 0 Å². The molecule has 7 heavy (non-hydrogen) atoms. The third kappa shape index (κ3) is 831. The van der Waals surface area contributed by atoms with Gasteiger partial charge in [0.1, 0.15) is 0 Å². The van der Waals surface area contributed by atoms with E-state index in [9.17, 15) is 3.41 Å². The fourth-order valence-electron chi connectivity index (χ4n) is 0. The normalized spacial score (nSPS) is 9.00. The van der Waals surface area contributed by atoms with E-state index in [4.69, 9.17) is 17.5 Å². The average Bonchev–Trinajstić information content (AvgIpc) is 1.36. The summed E-state index contributed by atoms with van der Waals surface area (Å²) < 4.78 is 41.0. The van der Waals surface area contributed by atoms with Crippen LogP contribution in [0.2, 0.25) is 0 Å². The van der Waals surface area contributed by atoms with Crippen LogP contribution in [0.15, 0.2) is 0 Å². The first-order valence-electron chi connectivity index (χ1n) is 0.868. The van der Waals surface area contributed by atoms with E-state index in [1.807, 2.05) is 0 Å². The molecule has 0 heterocycles. The minimum atomic E-state index is -4.67. The molecular formula is H2FO4SV. The summed E-state index contributed by atoms with van der Waals surface area (Å²) in [5.74, 6) is 0. The van der Waals surface area contributed by atoms with E-state index in [0.717, 1.165) is 17.9 Å². The van der Waals surface area contributed by atoms with Crippen LogP contribution in [-0.4, -0.2) is 17.5 Å². The second-order valence-corrected chi connectivity index (χ2v) is 1.34. The van der Waals surface area contributed by atoms with Crippen LogP contribution < -0.4 is 0 Å². The summed E-state index contributed by atoms with van der Waals surface area (Å²) in [7, 11) is -4.67. The van der Waals surface area contributed by atoms with Gasteiger partial charge in [-0.2, -0.15) is 8.42 Å². The van der Waals surface area contributed by atoms with Gasteiger partial charge in [0.25, 0.3) is 0 Å². The number of hydrogen-bond acceptors (Lipinski definition) is 2. The standard InChI is InChI=1S/FH.H2O4S.V/c;1-5(2,3)4;/h1H;(H2,1,2,3,4);/q;;+1/p-1. The van der Waals surface area contributed by atoms with E-state index < -0.39 is 10.4 Å². The van der Waals surface area contributed by atoms with Gasteiger partial charge in [0.15, 0.2) is 0 Å². The topological polar surface area (TPSA) is 74.6 Å². The first-order chi connectivity index (χ1) is 3.00. The van der Waals surface area contributed by atoms with Crippen molar-refractivity contribution >= 4 is 10.4 Å². The Morgan fingerprint density at radius 3 is 1.29 bits per heavy atom. The maximum atomic E-state index is 9.44. The molecule has 0 saturated heterocycles. The Hall–Kier alpha value is 0.384. The van der Waals surface area contributed by atoms with Gasteiger partial charge in [0, 0.05) is 0 Å². The SMILES string of the molecule is O=S(=O)(O)O.[F][V]. The zero-order valence-electron chi connectivity index (χ0n) is 2.94. The van der Waals surface area contributed by atoms with E-state index in [2.05, 4.69) is 0 Å². The predicted molar refractivity (Wildman–Crippen MR) is 15.3 cm³/mol. The van der Waals surface area contributed by atoms with Gasteiger partial charge in [-0.25, -0.2) is 0 Å². The van der Waals surface area contributed by atoms with Crippen LogP contribution in [0, 0.1) is 0 Å². The summed E-state index contributed by atoms with van der Waals surface area (Å²) >= 11 is 0.812. The van der Waals surface area contributed by atoms with Crippen molar-refractivity contribution in [1.29, 1.82) is 0 Å². The second kappa shape index (κ2) is 4.54. The molecule has 0 aliphatic carbocycles. The second-order valence-electron chi connectivity index (χ2n) is 0.448. The summed E-state index contributed by atoms with van der Waals surface area (Å²) in [4.78, 5) is 0. The van der Waals surface area contributed by atoms with Crippen LogP contribution in [0.3, 0.4) is 0 Å². The summed E-state index contributed by atoms with van der Waals surface area (Å²) in [6, 6.07) is 0. The third-order valence-electron chi connectivity index (χ3n) is 0. The zero-order valence-corrected chi connectivity index (χ0v) is 5.16. The predicted octanol–water partition coefficient (Wildman–Crippen LogP) is -0.235. The molecule has 0 aliphatic rings. The molecule has 0 aromatic carbocycles. The molecule has 0 bridgehead atoms. The van der Waals surface area contributed by atoms with Gasteiger partial charge in [-0.05, 0) is 0 Å². The molecule has 44 valence electrons. The van der Waals surface area contributed by atoms with Crippen molar-refractivity contribution in [2.45, 2.75) is 0 Å². The molecule has 0 saturated carbocycles. The summed E-state index contributed by atoms with van der Waals surface area (Å²) in [6.07, 6.45) is 0. The van der Waals surface area contributed by atoms with Gasteiger partial charge in [0.2, 0.25) is 0 Å². The van der Waals surface area contributed by atoms with Gasteiger partial charge in [0.05, 0.1) is 0 Å². The van der Waals surface area contributed by atoms with Gasteiger partial charge in [-0.1, -0.05) is 0 Å². The van der Waals surface area contributed by atoms with Crippen LogP contribution in [0.5, 0.6) is 0 Å². The summed E-state index contributed by atoms with van der Waals surface area (Å²) in [5, 5.41) is 0. The Labute approximate surface area is 49.8 Å². The van der Waals surface area contributed by atoms with Crippen LogP contribution >= 0.6 is 0 Å². The molecule has 0 spiro atoms. The van der Waals surface area contributed by atoms with Crippen molar-refractivity contribution in [3.8, 4) is 0 Å². The molecule has 0 aromatic rings. The molecule has 0 atom stereocenters. The van der Waals surface area contributed by atoms with Crippen LogP contribution in [-0.2, 0) is 28.3 Å². The molecule has 0 aliphatic heterocycles. The Bertz CT molecular complexity index is 94.9.